The highest BCUT2D eigenvalue weighted by molar-refractivity contribution is 5.82. The van der Waals surface area contributed by atoms with Gasteiger partial charge in [0.15, 0.2) is 5.96 Å². The van der Waals surface area contributed by atoms with E-state index in [1.165, 1.54) is 17.5 Å². The Hall–Kier alpha value is -1.51. The number of guanidine groups is 1. The fraction of sp³-hybridized carbons (Fsp3) is 0.562. The zero-order chi connectivity index (χ0) is 13.6. The molecule has 3 nitrogen and oxygen atoms in total. The highest BCUT2D eigenvalue weighted by atomic mass is 15.4. The fourth-order valence-electron chi connectivity index (χ4n) is 3.85. The maximum atomic E-state index is 6.15. The Kier molecular flexibility index (Phi) is 2.80. The van der Waals surface area contributed by atoms with Gasteiger partial charge in [-0.1, -0.05) is 31.2 Å². The van der Waals surface area contributed by atoms with Crippen LogP contribution in [0.25, 0.3) is 0 Å². The molecule has 1 aromatic carbocycles. The number of nitrogens with two attached hydrogens (primary N) is 1. The summed E-state index contributed by atoms with van der Waals surface area (Å²) in [7, 11) is 0. The molecule has 1 aliphatic heterocycles. The Bertz CT molecular complexity index is 520. The van der Waals surface area contributed by atoms with Crippen molar-refractivity contribution in [2.75, 3.05) is 6.54 Å². The van der Waals surface area contributed by atoms with Crippen LogP contribution in [0, 0.1) is 0 Å². The summed E-state index contributed by atoms with van der Waals surface area (Å²) in [6.45, 7) is 7.54. The van der Waals surface area contributed by atoms with Gasteiger partial charge >= 0.3 is 0 Å². The zero-order valence-electron chi connectivity index (χ0n) is 12.1. The SMILES string of the molecule is CC1CCC2(CN=C(N)N2C(C)C)c2ccccc21. The van der Waals surface area contributed by atoms with Gasteiger partial charge in [-0.3, -0.25) is 4.99 Å². The van der Waals surface area contributed by atoms with Crippen molar-refractivity contribution in [2.24, 2.45) is 10.7 Å². The van der Waals surface area contributed by atoms with Gasteiger partial charge in [-0.15, -0.1) is 0 Å². The maximum Gasteiger partial charge on any atom is 0.192 e. The third-order valence-corrected chi connectivity index (χ3v) is 4.71. The van der Waals surface area contributed by atoms with Crippen LogP contribution in [0.3, 0.4) is 0 Å². The molecule has 2 unspecified atom stereocenters. The van der Waals surface area contributed by atoms with Crippen LogP contribution in [0.2, 0.25) is 0 Å². The lowest BCUT2D eigenvalue weighted by molar-refractivity contribution is 0.136. The lowest BCUT2D eigenvalue weighted by Gasteiger charge is -2.47. The fourth-order valence-corrected chi connectivity index (χ4v) is 3.85. The minimum absolute atomic E-state index is 0.00134. The monoisotopic (exact) mass is 257 g/mol. The van der Waals surface area contributed by atoms with Crippen LogP contribution in [-0.4, -0.2) is 23.4 Å². The van der Waals surface area contributed by atoms with Crippen molar-refractivity contribution < 1.29 is 0 Å². The van der Waals surface area contributed by atoms with Gasteiger partial charge in [0.1, 0.15) is 0 Å². The van der Waals surface area contributed by atoms with Crippen LogP contribution in [-0.2, 0) is 5.54 Å². The number of rotatable bonds is 1. The van der Waals surface area contributed by atoms with Gasteiger partial charge in [-0.25, -0.2) is 0 Å². The normalized spacial score (nSPS) is 29.8. The molecule has 0 saturated carbocycles. The molecule has 0 bridgehead atoms. The summed E-state index contributed by atoms with van der Waals surface area (Å²) in [6, 6.07) is 9.22. The van der Waals surface area contributed by atoms with Gasteiger partial charge in [0.05, 0.1) is 12.1 Å². The summed E-state index contributed by atoms with van der Waals surface area (Å²) in [5.41, 5.74) is 9.07. The van der Waals surface area contributed by atoms with Crippen LogP contribution in [0.5, 0.6) is 0 Å². The molecule has 1 spiro atoms. The minimum atomic E-state index is 0.00134. The second kappa shape index (κ2) is 4.26. The summed E-state index contributed by atoms with van der Waals surface area (Å²) in [5, 5.41) is 0. The molecule has 3 heteroatoms. The predicted octanol–water partition coefficient (Wildman–Crippen LogP) is 2.82. The van der Waals surface area contributed by atoms with Gasteiger partial charge in [0.2, 0.25) is 0 Å². The second-order valence-corrected chi connectivity index (χ2v) is 6.20. The van der Waals surface area contributed by atoms with Crippen LogP contribution in [0.1, 0.15) is 50.7 Å². The van der Waals surface area contributed by atoms with E-state index >= 15 is 0 Å². The molecule has 0 fully saturated rings. The van der Waals surface area contributed by atoms with E-state index in [0.29, 0.717) is 17.9 Å². The first-order valence-electron chi connectivity index (χ1n) is 7.25. The Morgan fingerprint density at radius 1 is 1.37 bits per heavy atom. The van der Waals surface area contributed by atoms with Gasteiger partial charge in [-0.2, -0.15) is 0 Å². The van der Waals surface area contributed by atoms with Crippen LogP contribution in [0.4, 0.5) is 0 Å². The largest absolute Gasteiger partial charge is 0.370 e. The topological polar surface area (TPSA) is 41.6 Å². The smallest absolute Gasteiger partial charge is 0.192 e. The number of benzene rings is 1. The number of nitrogens with zero attached hydrogens (tertiary/aromatic N) is 2. The highest BCUT2D eigenvalue weighted by Crippen LogP contribution is 2.47. The van der Waals surface area contributed by atoms with Gasteiger partial charge < -0.3 is 10.6 Å². The lowest BCUT2D eigenvalue weighted by Crippen LogP contribution is -2.54. The highest BCUT2D eigenvalue weighted by Gasteiger charge is 2.48. The third-order valence-electron chi connectivity index (χ3n) is 4.71. The predicted molar refractivity (Wildman–Crippen MR) is 79.2 cm³/mol. The maximum absolute atomic E-state index is 6.15. The van der Waals surface area contributed by atoms with Crippen LogP contribution < -0.4 is 5.73 Å². The quantitative estimate of drug-likeness (QED) is 0.840. The third kappa shape index (κ3) is 1.67. The Balaban J connectivity index is 2.14. The summed E-state index contributed by atoms with van der Waals surface area (Å²) < 4.78 is 0. The second-order valence-electron chi connectivity index (χ2n) is 6.20. The van der Waals surface area contributed by atoms with E-state index in [2.05, 4.69) is 54.9 Å². The van der Waals surface area contributed by atoms with E-state index < -0.39 is 0 Å². The number of aliphatic imine (C=N–C) groups is 1. The molecule has 0 amide bonds. The molecule has 0 radical (unpaired) electrons. The molecule has 102 valence electrons. The lowest BCUT2D eigenvalue weighted by atomic mass is 9.71. The first kappa shape index (κ1) is 12.5. The molecule has 1 aromatic rings. The van der Waals surface area contributed by atoms with Crippen molar-refractivity contribution in [3.8, 4) is 0 Å². The standard InChI is InChI=1S/C16H23N3/c1-11(2)19-15(17)18-10-16(19)9-8-12(3)13-6-4-5-7-14(13)16/h4-7,11-12H,8-10H2,1-3H3,(H2,17,18). The average Bonchev–Trinajstić information content (AvgIpc) is 2.73. The van der Waals surface area contributed by atoms with Crippen molar-refractivity contribution in [1.29, 1.82) is 0 Å². The molecule has 2 aliphatic rings. The van der Waals surface area contributed by atoms with E-state index in [4.69, 9.17) is 5.73 Å². The molecule has 2 atom stereocenters. The molecule has 3 rings (SSSR count). The molecule has 2 N–H and O–H groups in total. The van der Waals surface area contributed by atoms with Gasteiger partial charge in [-0.05, 0) is 43.7 Å². The summed E-state index contributed by atoms with van der Waals surface area (Å²) in [4.78, 5) is 6.89. The molecule has 19 heavy (non-hydrogen) atoms. The minimum Gasteiger partial charge on any atom is -0.370 e. The van der Waals surface area contributed by atoms with E-state index in [9.17, 15) is 0 Å². The van der Waals surface area contributed by atoms with Crippen molar-refractivity contribution in [3.05, 3.63) is 35.4 Å². The van der Waals surface area contributed by atoms with Crippen LogP contribution >= 0.6 is 0 Å². The van der Waals surface area contributed by atoms with Gasteiger partial charge in [0, 0.05) is 6.04 Å². The Morgan fingerprint density at radius 2 is 2.11 bits per heavy atom. The van der Waals surface area contributed by atoms with E-state index in [-0.39, 0.29) is 5.54 Å². The van der Waals surface area contributed by atoms with Crippen molar-refractivity contribution in [2.45, 2.75) is 51.1 Å². The first-order valence-corrected chi connectivity index (χ1v) is 7.25. The van der Waals surface area contributed by atoms with E-state index in [1.807, 2.05) is 0 Å². The molecule has 1 aliphatic carbocycles. The summed E-state index contributed by atoms with van der Waals surface area (Å²) >= 11 is 0. The molecule has 0 saturated heterocycles. The number of hydrogen-bond acceptors (Lipinski definition) is 3. The van der Waals surface area contributed by atoms with E-state index in [1.54, 1.807) is 0 Å². The molecule has 1 heterocycles. The summed E-state index contributed by atoms with van der Waals surface area (Å²) in [5.74, 6) is 1.34. The van der Waals surface area contributed by atoms with Crippen molar-refractivity contribution in [1.82, 2.24) is 4.90 Å². The molecule has 0 aromatic heterocycles. The van der Waals surface area contributed by atoms with Crippen molar-refractivity contribution in [3.63, 3.8) is 0 Å². The Labute approximate surface area is 115 Å². The summed E-state index contributed by atoms with van der Waals surface area (Å²) in [6.07, 6.45) is 2.36. The average molecular weight is 257 g/mol. The first-order chi connectivity index (χ1) is 9.06. The molecular formula is C16H23N3. The zero-order valence-corrected chi connectivity index (χ0v) is 12.1. The van der Waals surface area contributed by atoms with Crippen molar-refractivity contribution >= 4 is 5.96 Å². The van der Waals surface area contributed by atoms with E-state index in [0.717, 1.165) is 13.0 Å². The van der Waals surface area contributed by atoms with Crippen LogP contribution in [0.15, 0.2) is 29.3 Å². The van der Waals surface area contributed by atoms with Gasteiger partial charge in [0.25, 0.3) is 0 Å². The number of hydrogen-bond donors (Lipinski definition) is 1. The molecular weight excluding hydrogens is 234 g/mol. The Morgan fingerprint density at radius 3 is 2.84 bits per heavy atom. The number of fused-ring (bicyclic) bond motifs is 2.